The van der Waals surface area contributed by atoms with Crippen LogP contribution in [0, 0.1) is 0 Å². The van der Waals surface area contributed by atoms with E-state index in [2.05, 4.69) is 10.1 Å². The smallest absolute Gasteiger partial charge is 0.332 e. The van der Waals surface area contributed by atoms with Crippen molar-refractivity contribution in [3.05, 3.63) is 65.7 Å². The fourth-order valence-electron chi connectivity index (χ4n) is 4.54. The summed E-state index contributed by atoms with van der Waals surface area (Å²) in [7, 11) is 2.73. The van der Waals surface area contributed by atoms with Crippen molar-refractivity contribution in [3.8, 4) is 11.5 Å². The second-order valence-electron chi connectivity index (χ2n) is 9.41. The van der Waals surface area contributed by atoms with Gasteiger partial charge in [-0.15, -0.1) is 0 Å². The normalized spacial score (nSPS) is 26.4. The van der Waals surface area contributed by atoms with Gasteiger partial charge in [-0.3, -0.25) is 4.79 Å². The van der Waals surface area contributed by atoms with E-state index in [0.29, 0.717) is 11.3 Å². The molecule has 2 aliphatic heterocycles. The topological polar surface area (TPSA) is 148 Å². The van der Waals surface area contributed by atoms with Crippen LogP contribution in [0.15, 0.2) is 54.6 Å². The molecule has 0 radical (unpaired) electrons. The lowest BCUT2D eigenvalue weighted by Crippen LogP contribution is -2.68. The van der Waals surface area contributed by atoms with Gasteiger partial charge >= 0.3 is 11.9 Å². The summed E-state index contributed by atoms with van der Waals surface area (Å²) in [6.45, 7) is 2.80. The van der Waals surface area contributed by atoms with E-state index in [1.807, 2.05) is 30.3 Å². The summed E-state index contributed by atoms with van der Waals surface area (Å²) >= 11 is 0. The lowest BCUT2D eigenvalue weighted by atomic mass is 9.95. The van der Waals surface area contributed by atoms with Crippen LogP contribution >= 0.6 is 0 Å². The van der Waals surface area contributed by atoms with E-state index in [1.54, 1.807) is 24.3 Å². The number of hydrogen-bond donors (Lipinski definition) is 2. The van der Waals surface area contributed by atoms with Crippen molar-refractivity contribution in [2.45, 2.75) is 56.9 Å². The van der Waals surface area contributed by atoms with Gasteiger partial charge in [0.25, 0.3) is 0 Å². The predicted molar refractivity (Wildman–Crippen MR) is 143 cm³/mol. The number of hydrogen-bond acceptors (Lipinski definition) is 10. The number of carbonyl (C=O) groups excluding carboxylic acids is 2. The summed E-state index contributed by atoms with van der Waals surface area (Å²) < 4.78 is 40.7. The molecule has 2 heterocycles. The number of ether oxygens (including phenoxy) is 7. The van der Waals surface area contributed by atoms with Gasteiger partial charge in [0.2, 0.25) is 12.2 Å². The molecule has 0 aromatic heterocycles. The molecule has 4 rings (SSSR count). The standard InChI is InChI=1S/C29H33NO11/c1-16(27(33)34)38-26-24(30-17(2)31)29(39-20-12-10-18(14-21(20)35-3)11-13-23(32)36-4)40-22-15-37-28(41-25(22)26)19-8-6-5-7-9-19/h5-14,16,22,24-26,28-29H,15H2,1-4H3,(H,30,31)(H,33,34). The van der Waals surface area contributed by atoms with Gasteiger partial charge < -0.3 is 43.6 Å². The van der Waals surface area contributed by atoms with Gasteiger partial charge in [-0.05, 0) is 30.7 Å². The van der Waals surface area contributed by atoms with Crippen LogP contribution in [0.5, 0.6) is 11.5 Å². The number of fused-ring (bicyclic) bond motifs is 1. The summed E-state index contributed by atoms with van der Waals surface area (Å²) in [6, 6.07) is 13.2. The van der Waals surface area contributed by atoms with Gasteiger partial charge in [0.05, 0.1) is 20.8 Å². The van der Waals surface area contributed by atoms with E-state index in [-0.39, 0.29) is 12.4 Å². The monoisotopic (exact) mass is 571 g/mol. The summed E-state index contributed by atoms with van der Waals surface area (Å²) in [4.78, 5) is 35.5. The molecular formula is C29H33NO11. The van der Waals surface area contributed by atoms with Gasteiger partial charge in [0, 0.05) is 18.6 Å². The molecular weight excluding hydrogens is 538 g/mol. The minimum Gasteiger partial charge on any atom is -0.493 e. The van der Waals surface area contributed by atoms with Gasteiger partial charge in [-0.2, -0.15) is 0 Å². The Labute approximate surface area is 237 Å². The summed E-state index contributed by atoms with van der Waals surface area (Å²) in [5.41, 5.74) is 1.40. The molecule has 220 valence electrons. The molecule has 7 atom stereocenters. The Bertz CT molecular complexity index is 1250. The number of carboxylic acid groups (broad SMARTS) is 1. The molecule has 2 fully saturated rings. The Balaban J connectivity index is 1.65. The van der Waals surface area contributed by atoms with Crippen molar-refractivity contribution < 1.29 is 52.6 Å². The van der Waals surface area contributed by atoms with Gasteiger partial charge in [-0.25, -0.2) is 9.59 Å². The molecule has 0 saturated carbocycles. The largest absolute Gasteiger partial charge is 0.493 e. The lowest BCUT2D eigenvalue weighted by Gasteiger charge is -2.49. The number of nitrogens with one attached hydrogen (secondary N) is 1. The highest BCUT2D eigenvalue weighted by Gasteiger charge is 2.53. The van der Waals surface area contributed by atoms with Crippen LogP contribution in [0.4, 0.5) is 0 Å². The fourth-order valence-corrected chi connectivity index (χ4v) is 4.54. The Morgan fingerprint density at radius 1 is 1.07 bits per heavy atom. The molecule has 0 bridgehead atoms. The molecule has 7 unspecified atom stereocenters. The maximum atomic E-state index is 12.3. The molecule has 1 amide bonds. The van der Waals surface area contributed by atoms with Crippen molar-refractivity contribution >= 4 is 23.9 Å². The lowest BCUT2D eigenvalue weighted by molar-refractivity contribution is -0.340. The number of amides is 1. The van der Waals surface area contributed by atoms with Crippen LogP contribution in [0.3, 0.4) is 0 Å². The van der Waals surface area contributed by atoms with Crippen molar-refractivity contribution in [1.29, 1.82) is 0 Å². The number of benzene rings is 2. The second-order valence-corrected chi connectivity index (χ2v) is 9.41. The third kappa shape index (κ3) is 7.41. The Hall–Kier alpha value is -3.97. The molecule has 41 heavy (non-hydrogen) atoms. The number of methoxy groups -OCH3 is 2. The number of carbonyl (C=O) groups is 3. The molecule has 0 aliphatic carbocycles. The quantitative estimate of drug-likeness (QED) is 0.320. The van der Waals surface area contributed by atoms with Gasteiger partial charge in [0.1, 0.15) is 24.4 Å². The van der Waals surface area contributed by atoms with Gasteiger partial charge in [-0.1, -0.05) is 36.4 Å². The number of aliphatic carboxylic acids is 1. The van der Waals surface area contributed by atoms with E-state index in [1.165, 1.54) is 34.1 Å². The molecule has 2 aliphatic rings. The third-order valence-electron chi connectivity index (χ3n) is 6.53. The average Bonchev–Trinajstić information content (AvgIpc) is 2.97. The second kappa shape index (κ2) is 13.6. The first kappa shape index (κ1) is 30.0. The van der Waals surface area contributed by atoms with E-state index < -0.39 is 60.9 Å². The SMILES string of the molecule is COC(=O)C=Cc1ccc(OC2OC3COC(c4ccccc4)OC3C(OC(C)C(=O)O)C2NC(C)=O)c(OC)c1. The zero-order chi connectivity index (χ0) is 29.5. The van der Waals surface area contributed by atoms with Crippen LogP contribution in [-0.4, -0.2) is 80.5 Å². The highest BCUT2D eigenvalue weighted by atomic mass is 16.8. The zero-order valence-corrected chi connectivity index (χ0v) is 23.1. The Morgan fingerprint density at radius 3 is 2.49 bits per heavy atom. The molecule has 0 spiro atoms. The maximum absolute atomic E-state index is 12.3. The number of carboxylic acids is 1. The van der Waals surface area contributed by atoms with Crippen molar-refractivity contribution in [3.63, 3.8) is 0 Å². The fraction of sp³-hybridized carbons (Fsp3) is 0.414. The highest BCUT2D eigenvalue weighted by Crippen LogP contribution is 2.38. The van der Waals surface area contributed by atoms with Crippen LogP contribution in [0.1, 0.15) is 31.3 Å². The van der Waals surface area contributed by atoms with E-state index in [0.717, 1.165) is 5.56 Å². The molecule has 2 aromatic rings. The molecule has 2 aromatic carbocycles. The first-order valence-corrected chi connectivity index (χ1v) is 12.9. The highest BCUT2D eigenvalue weighted by molar-refractivity contribution is 5.87. The van der Waals surface area contributed by atoms with Crippen molar-refractivity contribution in [2.24, 2.45) is 0 Å². The molecule has 12 nitrogen and oxygen atoms in total. The maximum Gasteiger partial charge on any atom is 0.332 e. The molecule has 12 heteroatoms. The van der Waals surface area contributed by atoms with Crippen molar-refractivity contribution in [2.75, 3.05) is 20.8 Å². The first-order valence-electron chi connectivity index (χ1n) is 12.9. The summed E-state index contributed by atoms with van der Waals surface area (Å²) in [5, 5.41) is 12.4. The molecule has 2 saturated heterocycles. The molecule has 2 N–H and O–H groups in total. The third-order valence-corrected chi connectivity index (χ3v) is 6.53. The zero-order valence-electron chi connectivity index (χ0n) is 23.1. The Morgan fingerprint density at radius 2 is 1.83 bits per heavy atom. The van der Waals surface area contributed by atoms with Crippen LogP contribution in [0.25, 0.3) is 6.08 Å². The summed E-state index contributed by atoms with van der Waals surface area (Å²) in [6.07, 6.45) is -2.82. The van der Waals surface area contributed by atoms with Crippen LogP contribution in [0.2, 0.25) is 0 Å². The van der Waals surface area contributed by atoms with E-state index in [4.69, 9.17) is 28.4 Å². The summed E-state index contributed by atoms with van der Waals surface area (Å²) in [5.74, 6) is -1.52. The minimum absolute atomic E-state index is 0.0899. The van der Waals surface area contributed by atoms with Crippen molar-refractivity contribution in [1.82, 2.24) is 5.32 Å². The van der Waals surface area contributed by atoms with E-state index >= 15 is 0 Å². The first-order chi connectivity index (χ1) is 19.7. The van der Waals surface area contributed by atoms with E-state index in [9.17, 15) is 19.5 Å². The number of rotatable bonds is 10. The Kier molecular flexibility index (Phi) is 9.95. The average molecular weight is 572 g/mol. The van der Waals surface area contributed by atoms with Crippen LogP contribution in [-0.2, 0) is 38.1 Å². The number of esters is 1. The minimum atomic E-state index is -1.23. The van der Waals surface area contributed by atoms with Crippen LogP contribution < -0.4 is 14.8 Å². The van der Waals surface area contributed by atoms with Gasteiger partial charge in [0.15, 0.2) is 23.9 Å². The predicted octanol–water partition coefficient (Wildman–Crippen LogP) is 2.46.